The Morgan fingerprint density at radius 3 is 2.59 bits per heavy atom. The number of benzene rings is 1. The first-order valence-electron chi connectivity index (χ1n) is 6.60. The van der Waals surface area contributed by atoms with Crippen molar-refractivity contribution in [1.82, 2.24) is 4.90 Å². The average Bonchev–Trinajstić information content (AvgIpc) is 2.77. The number of hydrogen-bond acceptors (Lipinski definition) is 2. The monoisotopic (exact) mass is 233 g/mol. The first-order chi connectivity index (χ1) is 8.16. The molecule has 17 heavy (non-hydrogen) atoms. The van der Waals surface area contributed by atoms with Crippen LogP contribution in [0, 0.1) is 5.92 Å². The Morgan fingerprint density at radius 1 is 1.29 bits per heavy atom. The van der Waals surface area contributed by atoms with E-state index in [0.717, 1.165) is 18.0 Å². The summed E-state index contributed by atoms with van der Waals surface area (Å²) in [6.07, 6.45) is 3.52. The van der Waals surface area contributed by atoms with Crippen molar-refractivity contribution in [2.75, 3.05) is 13.6 Å². The highest BCUT2D eigenvalue weighted by Gasteiger charge is 2.25. The summed E-state index contributed by atoms with van der Waals surface area (Å²) in [5.41, 5.74) is 1.02. The molecule has 0 aromatic heterocycles. The molecule has 1 saturated carbocycles. The van der Waals surface area contributed by atoms with Gasteiger partial charge < -0.3 is 10.0 Å². The van der Waals surface area contributed by atoms with Gasteiger partial charge in [-0.2, -0.15) is 0 Å². The molecule has 1 N–H and O–H groups in total. The van der Waals surface area contributed by atoms with Crippen LogP contribution in [0.25, 0.3) is 0 Å². The summed E-state index contributed by atoms with van der Waals surface area (Å²) < 4.78 is 0. The van der Waals surface area contributed by atoms with Crippen molar-refractivity contribution in [3.8, 4) is 0 Å². The fourth-order valence-electron chi connectivity index (χ4n) is 2.78. The zero-order valence-corrected chi connectivity index (χ0v) is 10.8. The van der Waals surface area contributed by atoms with E-state index in [1.165, 1.54) is 19.3 Å². The Labute approximate surface area is 104 Å². The third-order valence-electron chi connectivity index (χ3n) is 3.94. The molecule has 3 atom stereocenters. The van der Waals surface area contributed by atoms with Gasteiger partial charge in [0.25, 0.3) is 0 Å². The summed E-state index contributed by atoms with van der Waals surface area (Å²) in [4.78, 5) is 2.32. The molecule has 2 heteroatoms. The fourth-order valence-corrected chi connectivity index (χ4v) is 2.78. The van der Waals surface area contributed by atoms with E-state index < -0.39 is 0 Å². The van der Waals surface area contributed by atoms with E-state index >= 15 is 0 Å². The normalized spacial score (nSPS) is 26.4. The number of aliphatic hydroxyl groups excluding tert-OH is 1. The first kappa shape index (κ1) is 12.6. The smallest absolute Gasteiger partial charge is 0.0916 e. The Morgan fingerprint density at radius 2 is 2.00 bits per heavy atom. The fraction of sp³-hybridized carbons (Fsp3) is 0.600. The lowest BCUT2D eigenvalue weighted by molar-refractivity contribution is 0.104. The van der Waals surface area contributed by atoms with Crippen LogP contribution in [0.4, 0.5) is 0 Å². The van der Waals surface area contributed by atoms with E-state index in [9.17, 15) is 5.11 Å². The van der Waals surface area contributed by atoms with Crippen LogP contribution in [-0.4, -0.2) is 29.6 Å². The maximum atomic E-state index is 10.2. The van der Waals surface area contributed by atoms with Crippen molar-refractivity contribution < 1.29 is 5.11 Å². The maximum Gasteiger partial charge on any atom is 0.0916 e. The summed E-state index contributed by atoms with van der Waals surface area (Å²) in [7, 11) is 2.13. The van der Waals surface area contributed by atoms with E-state index in [0.29, 0.717) is 6.04 Å². The number of hydrogen-bond donors (Lipinski definition) is 1. The molecule has 0 unspecified atom stereocenters. The highest BCUT2D eigenvalue weighted by atomic mass is 16.3. The van der Waals surface area contributed by atoms with Gasteiger partial charge in [0.1, 0.15) is 0 Å². The van der Waals surface area contributed by atoms with E-state index in [4.69, 9.17) is 0 Å². The van der Waals surface area contributed by atoms with Crippen molar-refractivity contribution >= 4 is 0 Å². The van der Waals surface area contributed by atoms with Gasteiger partial charge in [0, 0.05) is 12.6 Å². The van der Waals surface area contributed by atoms with Gasteiger partial charge in [0.05, 0.1) is 6.10 Å². The molecule has 0 heterocycles. The lowest BCUT2D eigenvalue weighted by atomic mass is 10.1. The number of rotatable bonds is 4. The van der Waals surface area contributed by atoms with Crippen LogP contribution in [0.1, 0.15) is 37.9 Å². The maximum absolute atomic E-state index is 10.2. The van der Waals surface area contributed by atoms with Crippen LogP contribution >= 0.6 is 0 Å². The van der Waals surface area contributed by atoms with Crippen LogP contribution in [0.3, 0.4) is 0 Å². The second kappa shape index (κ2) is 5.65. The minimum Gasteiger partial charge on any atom is -0.387 e. The second-order valence-corrected chi connectivity index (χ2v) is 5.44. The summed E-state index contributed by atoms with van der Waals surface area (Å²) in [5, 5.41) is 10.2. The van der Waals surface area contributed by atoms with Crippen molar-refractivity contribution in [1.29, 1.82) is 0 Å². The van der Waals surface area contributed by atoms with Gasteiger partial charge >= 0.3 is 0 Å². The van der Waals surface area contributed by atoms with E-state index in [-0.39, 0.29) is 6.10 Å². The molecule has 2 nitrogen and oxygen atoms in total. The molecular weight excluding hydrogens is 210 g/mol. The molecule has 0 radical (unpaired) electrons. The zero-order valence-electron chi connectivity index (χ0n) is 10.8. The van der Waals surface area contributed by atoms with E-state index in [1.54, 1.807) is 0 Å². The van der Waals surface area contributed by atoms with Gasteiger partial charge in [-0.3, -0.25) is 0 Å². The summed E-state index contributed by atoms with van der Waals surface area (Å²) >= 11 is 0. The summed E-state index contributed by atoms with van der Waals surface area (Å²) in [6, 6.07) is 10.6. The highest BCUT2D eigenvalue weighted by molar-refractivity contribution is 5.17. The lowest BCUT2D eigenvalue weighted by Gasteiger charge is -2.26. The SMILES string of the molecule is C[C@@H]1CC[C@@H](N(C)C[C@H](O)c2ccccc2)C1. The van der Waals surface area contributed by atoms with Crippen LogP contribution in [-0.2, 0) is 0 Å². The van der Waals surface area contributed by atoms with Crippen LogP contribution in [0.2, 0.25) is 0 Å². The van der Waals surface area contributed by atoms with Crippen molar-refractivity contribution in [2.24, 2.45) is 5.92 Å². The third kappa shape index (κ3) is 3.30. The highest BCUT2D eigenvalue weighted by Crippen LogP contribution is 2.29. The molecule has 0 aliphatic heterocycles. The van der Waals surface area contributed by atoms with Gasteiger partial charge in [0.2, 0.25) is 0 Å². The largest absolute Gasteiger partial charge is 0.387 e. The molecule has 0 amide bonds. The minimum absolute atomic E-state index is 0.364. The van der Waals surface area contributed by atoms with Crippen molar-refractivity contribution in [3.63, 3.8) is 0 Å². The number of aliphatic hydroxyl groups is 1. The Balaban J connectivity index is 1.88. The second-order valence-electron chi connectivity index (χ2n) is 5.44. The molecule has 0 bridgehead atoms. The van der Waals surface area contributed by atoms with E-state index in [2.05, 4.69) is 18.9 Å². The Kier molecular flexibility index (Phi) is 4.19. The van der Waals surface area contributed by atoms with Gasteiger partial charge in [-0.1, -0.05) is 37.3 Å². The molecule has 1 aromatic rings. The zero-order chi connectivity index (χ0) is 12.3. The minimum atomic E-state index is -0.364. The molecule has 0 spiro atoms. The van der Waals surface area contributed by atoms with Gasteiger partial charge in [-0.15, -0.1) is 0 Å². The number of nitrogens with zero attached hydrogens (tertiary/aromatic N) is 1. The predicted molar refractivity (Wildman–Crippen MR) is 70.8 cm³/mol. The molecule has 94 valence electrons. The van der Waals surface area contributed by atoms with Gasteiger partial charge in [0.15, 0.2) is 0 Å². The molecule has 1 aliphatic rings. The van der Waals surface area contributed by atoms with Crippen LogP contribution in [0.5, 0.6) is 0 Å². The molecule has 2 rings (SSSR count). The van der Waals surface area contributed by atoms with Crippen molar-refractivity contribution in [2.45, 2.75) is 38.3 Å². The third-order valence-corrected chi connectivity index (χ3v) is 3.94. The Hall–Kier alpha value is -0.860. The summed E-state index contributed by atoms with van der Waals surface area (Å²) in [5.74, 6) is 0.844. The molecule has 1 aliphatic carbocycles. The predicted octanol–water partition coefficient (Wildman–Crippen LogP) is 2.84. The molecular formula is C15H23NO. The Bertz CT molecular complexity index is 338. The van der Waals surface area contributed by atoms with Crippen LogP contribution < -0.4 is 0 Å². The first-order valence-corrected chi connectivity index (χ1v) is 6.60. The number of likely N-dealkylation sites (N-methyl/N-ethyl adjacent to an activating group) is 1. The average molecular weight is 233 g/mol. The standard InChI is InChI=1S/C15H23NO/c1-12-8-9-14(10-12)16(2)11-15(17)13-6-4-3-5-7-13/h3-7,12,14-15,17H,8-11H2,1-2H3/t12-,14-,15+/m1/s1. The molecule has 1 fully saturated rings. The van der Waals surface area contributed by atoms with Gasteiger partial charge in [-0.25, -0.2) is 0 Å². The molecule has 0 saturated heterocycles. The van der Waals surface area contributed by atoms with Crippen molar-refractivity contribution in [3.05, 3.63) is 35.9 Å². The quantitative estimate of drug-likeness (QED) is 0.864. The van der Waals surface area contributed by atoms with E-state index in [1.807, 2.05) is 30.3 Å². The molecule has 1 aromatic carbocycles. The summed E-state index contributed by atoms with van der Waals surface area (Å²) in [6.45, 7) is 3.06. The lowest BCUT2D eigenvalue weighted by Crippen LogP contribution is -2.33. The topological polar surface area (TPSA) is 23.5 Å². The van der Waals surface area contributed by atoms with Gasteiger partial charge in [-0.05, 0) is 37.8 Å². The van der Waals surface area contributed by atoms with Crippen LogP contribution in [0.15, 0.2) is 30.3 Å².